The van der Waals surface area contributed by atoms with Crippen molar-refractivity contribution in [3.05, 3.63) is 90.9 Å². The lowest BCUT2D eigenvalue weighted by Crippen LogP contribution is -2.30. The number of hydrogen-bond donors (Lipinski definition) is 2. The SMILES string of the molecule is O=C(Nc1cccc(C#Cc2cccs2)c1)c1cnc2c(c1)c(=O)[nH]c(=O)n2C1CC1. The third kappa shape index (κ3) is 3.91. The van der Waals surface area contributed by atoms with E-state index in [2.05, 4.69) is 27.1 Å². The first-order valence-corrected chi connectivity index (χ1v) is 10.6. The van der Waals surface area contributed by atoms with Crippen LogP contribution in [0.4, 0.5) is 5.69 Å². The van der Waals surface area contributed by atoms with Gasteiger partial charge in [0.05, 0.1) is 15.8 Å². The Labute approximate surface area is 180 Å². The molecule has 7 nitrogen and oxygen atoms in total. The molecule has 152 valence electrons. The zero-order valence-corrected chi connectivity index (χ0v) is 17.0. The highest BCUT2D eigenvalue weighted by Crippen LogP contribution is 2.34. The molecule has 3 aromatic heterocycles. The first kappa shape index (κ1) is 19.0. The molecule has 0 aliphatic heterocycles. The van der Waals surface area contributed by atoms with E-state index < -0.39 is 17.2 Å². The fourth-order valence-corrected chi connectivity index (χ4v) is 3.87. The van der Waals surface area contributed by atoms with Gasteiger partial charge in [0.2, 0.25) is 0 Å². The second-order valence-electron chi connectivity index (χ2n) is 7.22. The highest BCUT2D eigenvalue weighted by atomic mass is 32.1. The molecule has 2 N–H and O–H groups in total. The minimum atomic E-state index is -0.551. The molecule has 8 heteroatoms. The van der Waals surface area contributed by atoms with Gasteiger partial charge in [0.25, 0.3) is 11.5 Å². The average Bonchev–Trinajstić information content (AvgIpc) is 3.45. The van der Waals surface area contributed by atoms with Gasteiger partial charge in [0, 0.05) is 23.5 Å². The van der Waals surface area contributed by atoms with Gasteiger partial charge in [0.1, 0.15) is 5.65 Å². The summed E-state index contributed by atoms with van der Waals surface area (Å²) in [5.74, 6) is 5.76. The number of thiophene rings is 1. The Hall–Kier alpha value is -3.96. The number of rotatable bonds is 3. The molecule has 0 atom stereocenters. The molecule has 31 heavy (non-hydrogen) atoms. The number of nitrogens with one attached hydrogen (secondary N) is 2. The van der Waals surface area contributed by atoms with Gasteiger partial charge in [-0.05, 0) is 48.6 Å². The molecule has 0 bridgehead atoms. The number of amides is 1. The van der Waals surface area contributed by atoms with E-state index in [1.165, 1.54) is 16.8 Å². The van der Waals surface area contributed by atoms with E-state index >= 15 is 0 Å². The highest BCUT2D eigenvalue weighted by molar-refractivity contribution is 7.10. The minimum Gasteiger partial charge on any atom is -0.322 e. The molecule has 1 aromatic carbocycles. The molecular formula is C23H16N4O3S. The normalized spacial score (nSPS) is 12.9. The number of hydrogen-bond acceptors (Lipinski definition) is 5. The molecule has 1 aliphatic carbocycles. The number of anilines is 1. The molecule has 0 radical (unpaired) electrons. The lowest BCUT2D eigenvalue weighted by atomic mass is 10.2. The van der Waals surface area contributed by atoms with Crippen molar-refractivity contribution in [2.45, 2.75) is 18.9 Å². The summed E-state index contributed by atoms with van der Waals surface area (Å²) in [6.07, 6.45) is 3.13. The van der Waals surface area contributed by atoms with Gasteiger partial charge in [0.15, 0.2) is 0 Å². The van der Waals surface area contributed by atoms with Gasteiger partial charge in [-0.15, -0.1) is 11.3 Å². The number of carbonyl (C=O) groups is 1. The Kier molecular flexibility index (Phi) is 4.73. The summed E-state index contributed by atoms with van der Waals surface area (Å²) in [7, 11) is 0. The van der Waals surface area contributed by atoms with Crippen LogP contribution < -0.4 is 16.6 Å². The number of aromatic amines is 1. The van der Waals surface area contributed by atoms with Crippen molar-refractivity contribution in [3.63, 3.8) is 0 Å². The van der Waals surface area contributed by atoms with E-state index in [-0.39, 0.29) is 17.0 Å². The van der Waals surface area contributed by atoms with Gasteiger partial charge in [-0.3, -0.25) is 19.1 Å². The number of nitrogens with zero attached hydrogens (tertiary/aromatic N) is 2. The number of aromatic nitrogens is 3. The Balaban J connectivity index is 1.43. The first-order chi connectivity index (χ1) is 15.1. The zero-order valence-electron chi connectivity index (χ0n) is 16.2. The largest absolute Gasteiger partial charge is 0.330 e. The number of pyridine rings is 1. The first-order valence-electron chi connectivity index (χ1n) is 9.70. The van der Waals surface area contributed by atoms with Crippen LogP contribution in [0.1, 0.15) is 39.7 Å². The van der Waals surface area contributed by atoms with Crippen LogP contribution in [-0.2, 0) is 0 Å². The summed E-state index contributed by atoms with van der Waals surface area (Å²) < 4.78 is 1.49. The highest BCUT2D eigenvalue weighted by Gasteiger charge is 2.27. The van der Waals surface area contributed by atoms with Crippen LogP contribution >= 0.6 is 11.3 Å². The van der Waals surface area contributed by atoms with E-state index in [4.69, 9.17) is 0 Å². The summed E-state index contributed by atoms with van der Waals surface area (Å²) in [6, 6.07) is 12.6. The number of H-pyrrole nitrogens is 1. The van der Waals surface area contributed by atoms with Crippen LogP contribution in [0.2, 0.25) is 0 Å². The van der Waals surface area contributed by atoms with Gasteiger partial charge >= 0.3 is 5.69 Å². The van der Waals surface area contributed by atoms with Crippen LogP contribution in [-0.4, -0.2) is 20.4 Å². The predicted molar refractivity (Wildman–Crippen MR) is 120 cm³/mol. The monoisotopic (exact) mass is 428 g/mol. The predicted octanol–water partition coefficient (Wildman–Crippen LogP) is 3.13. The van der Waals surface area contributed by atoms with Crippen molar-refractivity contribution < 1.29 is 4.79 Å². The Morgan fingerprint density at radius 1 is 1.16 bits per heavy atom. The fraction of sp³-hybridized carbons (Fsp3) is 0.130. The molecule has 0 unspecified atom stereocenters. The van der Waals surface area contributed by atoms with Gasteiger partial charge < -0.3 is 5.32 Å². The summed E-state index contributed by atoms with van der Waals surface area (Å²) >= 11 is 1.56. The number of benzene rings is 1. The van der Waals surface area contributed by atoms with Crippen molar-refractivity contribution in [3.8, 4) is 11.8 Å². The molecule has 0 spiro atoms. The molecule has 5 rings (SSSR count). The van der Waals surface area contributed by atoms with Crippen molar-refractivity contribution in [2.24, 2.45) is 0 Å². The van der Waals surface area contributed by atoms with Crippen molar-refractivity contribution >= 4 is 34.0 Å². The summed E-state index contributed by atoms with van der Waals surface area (Å²) in [5, 5.41) is 5.00. The molecule has 1 aliphatic rings. The van der Waals surface area contributed by atoms with Crippen molar-refractivity contribution in [1.29, 1.82) is 0 Å². The van der Waals surface area contributed by atoms with E-state index in [0.29, 0.717) is 11.3 Å². The Morgan fingerprint density at radius 2 is 2.03 bits per heavy atom. The van der Waals surface area contributed by atoms with E-state index in [0.717, 1.165) is 23.3 Å². The molecule has 1 fully saturated rings. The molecule has 3 heterocycles. The average molecular weight is 428 g/mol. The Bertz CT molecular complexity index is 1490. The quantitative estimate of drug-likeness (QED) is 0.490. The standard InChI is InChI=1S/C23H16N4O3S/c28-21(25-16-4-1-3-14(11-16)6-9-18-5-2-10-31-18)15-12-19-20(24-13-15)27(17-7-8-17)23(30)26-22(19)29/h1-5,10-13,17H,7-8H2,(H,25,28)(H,26,29,30). The maximum absolute atomic E-state index is 12.8. The lowest BCUT2D eigenvalue weighted by molar-refractivity contribution is 0.102. The van der Waals surface area contributed by atoms with E-state index in [1.54, 1.807) is 23.5 Å². The molecule has 0 saturated heterocycles. The second-order valence-corrected chi connectivity index (χ2v) is 8.17. The van der Waals surface area contributed by atoms with E-state index in [9.17, 15) is 14.4 Å². The third-order valence-corrected chi connectivity index (χ3v) is 5.71. The van der Waals surface area contributed by atoms with Crippen LogP contribution in [0.5, 0.6) is 0 Å². The van der Waals surface area contributed by atoms with Crippen LogP contribution in [0.15, 0.2) is 63.6 Å². The van der Waals surface area contributed by atoms with Crippen LogP contribution in [0.25, 0.3) is 11.0 Å². The van der Waals surface area contributed by atoms with E-state index in [1.807, 2.05) is 29.6 Å². The summed E-state index contributed by atoms with van der Waals surface area (Å²) in [5.41, 5.74) is 0.871. The number of fused-ring (bicyclic) bond motifs is 1. The maximum Gasteiger partial charge on any atom is 0.330 e. The smallest absolute Gasteiger partial charge is 0.322 e. The minimum absolute atomic E-state index is 0.0528. The fourth-order valence-electron chi connectivity index (χ4n) is 3.29. The lowest BCUT2D eigenvalue weighted by Gasteiger charge is -2.09. The van der Waals surface area contributed by atoms with Gasteiger partial charge in [-0.1, -0.05) is 24.0 Å². The van der Waals surface area contributed by atoms with Gasteiger partial charge in [-0.25, -0.2) is 9.78 Å². The maximum atomic E-state index is 12.8. The van der Waals surface area contributed by atoms with Crippen LogP contribution in [0.3, 0.4) is 0 Å². The van der Waals surface area contributed by atoms with Crippen molar-refractivity contribution in [2.75, 3.05) is 5.32 Å². The van der Waals surface area contributed by atoms with Crippen molar-refractivity contribution in [1.82, 2.24) is 14.5 Å². The topological polar surface area (TPSA) is 96.8 Å². The third-order valence-electron chi connectivity index (χ3n) is 4.92. The second kappa shape index (κ2) is 7.70. The summed E-state index contributed by atoms with van der Waals surface area (Å²) in [6.45, 7) is 0. The molecule has 1 saturated carbocycles. The molecule has 1 amide bonds. The summed E-state index contributed by atoms with van der Waals surface area (Å²) in [4.78, 5) is 44.7. The van der Waals surface area contributed by atoms with Gasteiger partial charge in [-0.2, -0.15) is 0 Å². The Morgan fingerprint density at radius 3 is 2.81 bits per heavy atom. The zero-order chi connectivity index (χ0) is 21.4. The molecule has 4 aromatic rings. The molecular weight excluding hydrogens is 412 g/mol. The van der Waals surface area contributed by atoms with Crippen LogP contribution in [0, 0.1) is 11.8 Å². The number of carbonyl (C=O) groups excluding carboxylic acids is 1.